The molecule has 0 radical (unpaired) electrons. The van der Waals surface area contributed by atoms with Gasteiger partial charge in [-0.2, -0.15) is 0 Å². The summed E-state index contributed by atoms with van der Waals surface area (Å²) in [6.45, 7) is 3.98. The molecule has 0 aromatic heterocycles. The summed E-state index contributed by atoms with van der Waals surface area (Å²) in [4.78, 5) is 7.39. The van der Waals surface area contributed by atoms with Gasteiger partial charge in [-0.15, -0.1) is 0 Å². The Balaban J connectivity index is 1.77. The largest absolute Gasteiger partial charge is 0.354 e. The van der Waals surface area contributed by atoms with Crippen LogP contribution in [0.2, 0.25) is 0 Å². The SMILES string of the molecule is c1ccc(C(=Nc2ccc3ccccc3c2)N2CCNCC2)cc1. The molecule has 0 atom stereocenters. The molecular formula is C21H21N3. The van der Waals surface area contributed by atoms with E-state index < -0.39 is 0 Å². The molecule has 0 bridgehead atoms. The van der Waals surface area contributed by atoms with Crippen molar-refractivity contribution in [2.24, 2.45) is 4.99 Å². The number of hydrogen-bond donors (Lipinski definition) is 1. The summed E-state index contributed by atoms with van der Waals surface area (Å²) in [5, 5.41) is 5.89. The number of fused-ring (bicyclic) bond motifs is 1. The maximum atomic E-state index is 5.02. The van der Waals surface area contributed by atoms with E-state index in [2.05, 4.69) is 83.0 Å². The Morgan fingerprint density at radius 2 is 1.50 bits per heavy atom. The van der Waals surface area contributed by atoms with Crippen molar-refractivity contribution in [1.29, 1.82) is 0 Å². The Morgan fingerprint density at radius 3 is 2.29 bits per heavy atom. The van der Waals surface area contributed by atoms with Gasteiger partial charge in [-0.3, -0.25) is 0 Å². The van der Waals surface area contributed by atoms with E-state index in [0.29, 0.717) is 0 Å². The van der Waals surface area contributed by atoms with Crippen LogP contribution in [0.15, 0.2) is 77.8 Å². The van der Waals surface area contributed by atoms with Crippen LogP contribution >= 0.6 is 0 Å². The number of nitrogens with one attached hydrogen (secondary N) is 1. The minimum atomic E-state index is 0.987. The molecule has 0 saturated carbocycles. The van der Waals surface area contributed by atoms with Crippen LogP contribution in [0, 0.1) is 0 Å². The molecule has 0 spiro atoms. The van der Waals surface area contributed by atoms with E-state index in [0.717, 1.165) is 37.7 Å². The van der Waals surface area contributed by atoms with E-state index in [1.807, 2.05) is 0 Å². The van der Waals surface area contributed by atoms with Crippen LogP contribution in [0.1, 0.15) is 5.56 Å². The lowest BCUT2D eigenvalue weighted by Gasteiger charge is -2.30. The number of nitrogens with zero attached hydrogens (tertiary/aromatic N) is 2. The zero-order valence-corrected chi connectivity index (χ0v) is 13.7. The maximum Gasteiger partial charge on any atom is 0.136 e. The van der Waals surface area contributed by atoms with Crippen LogP contribution < -0.4 is 5.32 Å². The summed E-state index contributed by atoms with van der Waals surface area (Å²) < 4.78 is 0. The average molecular weight is 315 g/mol. The highest BCUT2D eigenvalue weighted by Crippen LogP contribution is 2.22. The first-order valence-electron chi connectivity index (χ1n) is 8.49. The number of benzene rings is 3. The highest BCUT2D eigenvalue weighted by atomic mass is 15.2. The van der Waals surface area contributed by atoms with E-state index >= 15 is 0 Å². The normalized spacial score (nSPS) is 15.7. The van der Waals surface area contributed by atoms with Gasteiger partial charge in [0.05, 0.1) is 5.69 Å². The van der Waals surface area contributed by atoms with E-state index in [1.54, 1.807) is 0 Å². The molecule has 0 aliphatic carbocycles. The van der Waals surface area contributed by atoms with Crippen molar-refractivity contribution in [2.75, 3.05) is 26.2 Å². The van der Waals surface area contributed by atoms with Crippen LogP contribution in [0.5, 0.6) is 0 Å². The third-order valence-corrected chi connectivity index (χ3v) is 4.42. The summed E-state index contributed by atoms with van der Waals surface area (Å²) >= 11 is 0. The number of rotatable bonds is 2. The smallest absolute Gasteiger partial charge is 0.136 e. The first-order chi connectivity index (χ1) is 11.9. The minimum Gasteiger partial charge on any atom is -0.354 e. The molecule has 1 saturated heterocycles. The molecule has 24 heavy (non-hydrogen) atoms. The van der Waals surface area contributed by atoms with Crippen molar-refractivity contribution in [3.05, 3.63) is 78.4 Å². The van der Waals surface area contributed by atoms with Crippen molar-refractivity contribution < 1.29 is 0 Å². The Morgan fingerprint density at radius 1 is 0.792 bits per heavy atom. The van der Waals surface area contributed by atoms with Gasteiger partial charge in [-0.25, -0.2) is 4.99 Å². The standard InChI is InChI=1S/C21H21N3/c1-2-7-18(8-3-1)21(24-14-12-22-13-15-24)23-20-11-10-17-6-4-5-9-19(17)16-20/h1-11,16,22H,12-15H2. The predicted molar refractivity (Wildman–Crippen MR) is 101 cm³/mol. The van der Waals surface area contributed by atoms with E-state index in [9.17, 15) is 0 Å². The lowest BCUT2D eigenvalue weighted by molar-refractivity contribution is 0.358. The second kappa shape index (κ2) is 6.85. The summed E-state index contributed by atoms with van der Waals surface area (Å²) in [7, 11) is 0. The number of amidine groups is 1. The number of hydrogen-bond acceptors (Lipinski definition) is 2. The number of piperazine rings is 1. The van der Waals surface area contributed by atoms with Gasteiger partial charge in [-0.1, -0.05) is 60.7 Å². The lowest BCUT2D eigenvalue weighted by atomic mass is 10.1. The molecule has 1 N–H and O–H groups in total. The van der Waals surface area contributed by atoms with Crippen molar-refractivity contribution in [3.8, 4) is 0 Å². The number of aliphatic imine (C=N–C) groups is 1. The van der Waals surface area contributed by atoms with Crippen molar-refractivity contribution in [1.82, 2.24) is 10.2 Å². The topological polar surface area (TPSA) is 27.6 Å². The summed E-state index contributed by atoms with van der Waals surface area (Å²) in [6.07, 6.45) is 0. The Hall–Kier alpha value is -2.65. The zero-order chi connectivity index (χ0) is 16.2. The molecule has 1 fully saturated rings. The summed E-state index contributed by atoms with van der Waals surface area (Å²) in [5.74, 6) is 1.06. The third kappa shape index (κ3) is 3.17. The molecule has 1 heterocycles. The Kier molecular flexibility index (Phi) is 4.26. The molecule has 1 aliphatic heterocycles. The Bertz CT molecular complexity index is 849. The van der Waals surface area contributed by atoms with Gasteiger partial charge < -0.3 is 10.2 Å². The Labute approximate surface area is 142 Å². The van der Waals surface area contributed by atoms with Crippen molar-refractivity contribution in [3.63, 3.8) is 0 Å². The average Bonchev–Trinajstić information content (AvgIpc) is 2.67. The van der Waals surface area contributed by atoms with Crippen LogP contribution in [0.3, 0.4) is 0 Å². The molecule has 3 aromatic rings. The maximum absolute atomic E-state index is 5.02. The minimum absolute atomic E-state index is 0.987. The molecule has 3 aromatic carbocycles. The molecule has 4 rings (SSSR count). The van der Waals surface area contributed by atoms with Gasteiger partial charge in [0.15, 0.2) is 0 Å². The fourth-order valence-electron chi connectivity index (χ4n) is 3.15. The quantitative estimate of drug-likeness (QED) is 0.575. The van der Waals surface area contributed by atoms with E-state index in [4.69, 9.17) is 4.99 Å². The first-order valence-corrected chi connectivity index (χ1v) is 8.49. The van der Waals surface area contributed by atoms with Crippen LogP contribution in [-0.4, -0.2) is 36.9 Å². The summed E-state index contributed by atoms with van der Waals surface area (Å²) in [5.41, 5.74) is 2.18. The molecule has 120 valence electrons. The van der Waals surface area contributed by atoms with Gasteiger partial charge >= 0.3 is 0 Å². The summed E-state index contributed by atoms with van der Waals surface area (Å²) in [6, 6.07) is 25.3. The second-order valence-corrected chi connectivity index (χ2v) is 6.07. The molecule has 1 aliphatic rings. The molecule has 3 heteroatoms. The fraction of sp³-hybridized carbons (Fsp3) is 0.190. The highest BCUT2D eigenvalue weighted by Gasteiger charge is 2.16. The lowest BCUT2D eigenvalue weighted by Crippen LogP contribution is -2.46. The van der Waals surface area contributed by atoms with Crippen LogP contribution in [0.4, 0.5) is 5.69 Å². The third-order valence-electron chi connectivity index (χ3n) is 4.42. The highest BCUT2D eigenvalue weighted by molar-refractivity contribution is 6.01. The first kappa shape index (κ1) is 14.9. The monoisotopic (exact) mass is 315 g/mol. The predicted octanol–water partition coefficient (Wildman–Crippen LogP) is 3.82. The van der Waals surface area contributed by atoms with Crippen LogP contribution in [0.25, 0.3) is 10.8 Å². The second-order valence-electron chi connectivity index (χ2n) is 6.07. The fourth-order valence-corrected chi connectivity index (χ4v) is 3.15. The van der Waals surface area contributed by atoms with Crippen molar-refractivity contribution >= 4 is 22.3 Å². The van der Waals surface area contributed by atoms with Gasteiger partial charge in [0.25, 0.3) is 0 Å². The molecule has 0 amide bonds. The van der Waals surface area contributed by atoms with Crippen LogP contribution in [-0.2, 0) is 0 Å². The van der Waals surface area contributed by atoms with E-state index in [1.165, 1.54) is 16.3 Å². The van der Waals surface area contributed by atoms with E-state index in [-0.39, 0.29) is 0 Å². The molecule has 3 nitrogen and oxygen atoms in total. The van der Waals surface area contributed by atoms with Gasteiger partial charge in [-0.05, 0) is 22.9 Å². The van der Waals surface area contributed by atoms with Gasteiger partial charge in [0.1, 0.15) is 5.84 Å². The molecular weight excluding hydrogens is 294 g/mol. The van der Waals surface area contributed by atoms with Gasteiger partial charge in [0, 0.05) is 31.7 Å². The van der Waals surface area contributed by atoms with Crippen molar-refractivity contribution in [2.45, 2.75) is 0 Å². The van der Waals surface area contributed by atoms with Gasteiger partial charge in [0.2, 0.25) is 0 Å². The molecule has 0 unspecified atom stereocenters. The zero-order valence-electron chi connectivity index (χ0n) is 13.7.